The van der Waals surface area contributed by atoms with Crippen LogP contribution in [0.3, 0.4) is 0 Å². The zero-order valence-corrected chi connectivity index (χ0v) is 12.6. The van der Waals surface area contributed by atoms with Gasteiger partial charge in [0.2, 0.25) is 5.91 Å². The predicted molar refractivity (Wildman–Crippen MR) is 81.3 cm³/mol. The highest BCUT2D eigenvalue weighted by Crippen LogP contribution is 2.20. The Morgan fingerprint density at radius 2 is 1.95 bits per heavy atom. The summed E-state index contributed by atoms with van der Waals surface area (Å²) in [5.74, 6) is -1.30. The predicted octanol–water partition coefficient (Wildman–Crippen LogP) is 4.20. The number of methoxy groups -OCH3 is 1. The molecule has 0 aliphatic carbocycles. The number of benzene rings is 2. The fraction of sp³-hybridized carbons (Fsp3) is 0.188. The van der Waals surface area contributed by atoms with Crippen molar-refractivity contribution in [3.63, 3.8) is 0 Å². The van der Waals surface area contributed by atoms with Crippen LogP contribution in [0, 0.1) is 11.6 Å². The van der Waals surface area contributed by atoms with Gasteiger partial charge in [-0.05, 0) is 42.3 Å². The summed E-state index contributed by atoms with van der Waals surface area (Å²) in [6.07, 6.45) is 0.440. The van der Waals surface area contributed by atoms with Crippen molar-refractivity contribution in [2.24, 2.45) is 0 Å². The van der Waals surface area contributed by atoms with Gasteiger partial charge >= 0.3 is 0 Å². The molecule has 22 heavy (non-hydrogen) atoms. The van der Waals surface area contributed by atoms with E-state index in [0.717, 1.165) is 6.07 Å². The number of hydrogen-bond acceptors (Lipinski definition) is 2. The number of carbonyl (C=O) groups is 1. The highest BCUT2D eigenvalue weighted by atomic mass is 35.5. The molecule has 2 rings (SSSR count). The minimum atomic E-state index is -0.601. The monoisotopic (exact) mass is 325 g/mol. The molecule has 1 amide bonds. The normalized spacial score (nSPS) is 10.4. The van der Waals surface area contributed by atoms with Gasteiger partial charge in [0, 0.05) is 11.4 Å². The number of ether oxygens (including phenoxy) is 1. The summed E-state index contributed by atoms with van der Waals surface area (Å²) in [6.45, 7) is 0. The largest absolute Gasteiger partial charge is 0.494 e. The summed E-state index contributed by atoms with van der Waals surface area (Å²) in [5.41, 5.74) is 0.723. The van der Waals surface area contributed by atoms with E-state index in [1.807, 2.05) is 0 Å². The Morgan fingerprint density at radius 1 is 1.18 bits per heavy atom. The van der Waals surface area contributed by atoms with Crippen molar-refractivity contribution >= 4 is 23.2 Å². The molecule has 0 atom stereocenters. The van der Waals surface area contributed by atoms with Crippen LogP contribution in [0.1, 0.15) is 12.0 Å². The van der Waals surface area contributed by atoms with Crippen LogP contribution in [0.25, 0.3) is 0 Å². The molecule has 0 bridgehead atoms. The van der Waals surface area contributed by atoms with Crippen molar-refractivity contribution in [2.75, 3.05) is 12.4 Å². The molecule has 2 aromatic rings. The summed E-state index contributed by atoms with van der Waals surface area (Å²) < 4.78 is 31.9. The molecule has 0 aromatic heterocycles. The molecular formula is C16H14ClF2NO2. The molecule has 0 saturated carbocycles. The standard InChI is InChI=1S/C16H14ClF2NO2/c1-22-15-6-2-10(8-13(15)19)3-7-16(21)20-14-5-4-11(17)9-12(14)18/h2,4-6,8-9H,3,7H2,1H3,(H,20,21). The molecule has 0 aliphatic rings. The van der Waals surface area contributed by atoms with Crippen molar-refractivity contribution in [2.45, 2.75) is 12.8 Å². The molecule has 2 aromatic carbocycles. The van der Waals surface area contributed by atoms with Crippen molar-refractivity contribution in [3.8, 4) is 5.75 Å². The van der Waals surface area contributed by atoms with Crippen LogP contribution >= 0.6 is 11.6 Å². The van der Waals surface area contributed by atoms with Crippen molar-refractivity contribution < 1.29 is 18.3 Å². The van der Waals surface area contributed by atoms with E-state index < -0.39 is 11.6 Å². The molecule has 0 fully saturated rings. The van der Waals surface area contributed by atoms with Crippen LogP contribution in [0.15, 0.2) is 36.4 Å². The first-order valence-corrected chi connectivity index (χ1v) is 6.94. The van der Waals surface area contributed by atoms with E-state index in [1.54, 1.807) is 6.07 Å². The van der Waals surface area contributed by atoms with Gasteiger partial charge in [-0.25, -0.2) is 8.78 Å². The van der Waals surface area contributed by atoms with Gasteiger partial charge in [-0.2, -0.15) is 0 Å². The van der Waals surface area contributed by atoms with Crippen LogP contribution in [-0.2, 0) is 11.2 Å². The van der Waals surface area contributed by atoms with Gasteiger partial charge < -0.3 is 10.1 Å². The molecule has 0 spiro atoms. The molecule has 1 N–H and O–H groups in total. The highest BCUT2D eigenvalue weighted by Gasteiger charge is 2.09. The zero-order chi connectivity index (χ0) is 16.1. The van der Waals surface area contributed by atoms with Crippen LogP contribution in [0.2, 0.25) is 5.02 Å². The maximum atomic E-state index is 13.5. The summed E-state index contributed by atoms with van der Waals surface area (Å²) in [4.78, 5) is 11.8. The number of carbonyl (C=O) groups excluding carboxylic acids is 1. The summed E-state index contributed by atoms with van der Waals surface area (Å²) in [5, 5.41) is 2.71. The topological polar surface area (TPSA) is 38.3 Å². The number of aryl methyl sites for hydroxylation is 1. The Bertz CT molecular complexity index is 692. The van der Waals surface area contributed by atoms with Gasteiger partial charge in [-0.15, -0.1) is 0 Å². The van der Waals surface area contributed by atoms with Gasteiger partial charge in [0.25, 0.3) is 0 Å². The molecule has 0 saturated heterocycles. The second-order valence-electron chi connectivity index (χ2n) is 4.64. The van der Waals surface area contributed by atoms with Crippen LogP contribution < -0.4 is 10.1 Å². The number of nitrogens with one attached hydrogen (secondary N) is 1. The van der Waals surface area contributed by atoms with Gasteiger partial charge in [0.05, 0.1) is 12.8 Å². The van der Waals surface area contributed by atoms with E-state index in [1.165, 1.54) is 31.4 Å². The lowest BCUT2D eigenvalue weighted by Crippen LogP contribution is -2.13. The Hall–Kier alpha value is -2.14. The average Bonchev–Trinajstić information content (AvgIpc) is 2.48. The first-order chi connectivity index (χ1) is 10.5. The lowest BCUT2D eigenvalue weighted by molar-refractivity contribution is -0.116. The van der Waals surface area contributed by atoms with Gasteiger partial charge in [0.15, 0.2) is 11.6 Å². The van der Waals surface area contributed by atoms with Crippen LogP contribution in [0.4, 0.5) is 14.5 Å². The maximum Gasteiger partial charge on any atom is 0.224 e. The lowest BCUT2D eigenvalue weighted by atomic mass is 10.1. The molecule has 0 radical (unpaired) electrons. The van der Waals surface area contributed by atoms with Crippen molar-refractivity contribution in [1.82, 2.24) is 0 Å². The fourth-order valence-electron chi connectivity index (χ4n) is 1.93. The second-order valence-corrected chi connectivity index (χ2v) is 5.08. The van der Waals surface area contributed by atoms with E-state index in [-0.39, 0.29) is 28.8 Å². The average molecular weight is 326 g/mol. The number of amides is 1. The Balaban J connectivity index is 1.94. The lowest BCUT2D eigenvalue weighted by Gasteiger charge is -2.08. The first-order valence-electron chi connectivity index (χ1n) is 6.57. The van der Waals surface area contributed by atoms with E-state index in [4.69, 9.17) is 16.3 Å². The number of halogens is 3. The Labute approximate surface area is 131 Å². The minimum Gasteiger partial charge on any atom is -0.494 e. The number of rotatable bonds is 5. The summed E-state index contributed by atoms with van der Waals surface area (Å²) in [6, 6.07) is 8.49. The third-order valence-corrected chi connectivity index (χ3v) is 3.30. The number of hydrogen-bond donors (Lipinski definition) is 1. The molecule has 0 unspecified atom stereocenters. The maximum absolute atomic E-state index is 13.5. The summed E-state index contributed by atoms with van der Waals surface area (Å²) >= 11 is 5.64. The molecule has 3 nitrogen and oxygen atoms in total. The zero-order valence-electron chi connectivity index (χ0n) is 11.8. The quantitative estimate of drug-likeness (QED) is 0.894. The molecule has 0 heterocycles. The van der Waals surface area contributed by atoms with Crippen LogP contribution in [0.5, 0.6) is 5.75 Å². The molecule has 6 heteroatoms. The Kier molecular flexibility index (Phi) is 5.33. The first kappa shape index (κ1) is 16.2. The molecule has 116 valence electrons. The smallest absolute Gasteiger partial charge is 0.224 e. The third-order valence-electron chi connectivity index (χ3n) is 3.06. The second kappa shape index (κ2) is 7.22. The van der Waals surface area contributed by atoms with E-state index in [9.17, 15) is 13.6 Å². The molecular weight excluding hydrogens is 312 g/mol. The fourth-order valence-corrected chi connectivity index (χ4v) is 2.09. The Morgan fingerprint density at radius 3 is 2.59 bits per heavy atom. The molecule has 0 aliphatic heterocycles. The van der Waals surface area contributed by atoms with E-state index in [0.29, 0.717) is 12.0 Å². The third kappa shape index (κ3) is 4.18. The van der Waals surface area contributed by atoms with E-state index >= 15 is 0 Å². The SMILES string of the molecule is COc1ccc(CCC(=O)Nc2ccc(Cl)cc2F)cc1F. The van der Waals surface area contributed by atoms with Crippen LogP contribution in [-0.4, -0.2) is 13.0 Å². The number of anilines is 1. The van der Waals surface area contributed by atoms with E-state index in [2.05, 4.69) is 5.32 Å². The van der Waals surface area contributed by atoms with Gasteiger partial charge in [0.1, 0.15) is 5.82 Å². The highest BCUT2D eigenvalue weighted by molar-refractivity contribution is 6.30. The van der Waals surface area contributed by atoms with Crippen molar-refractivity contribution in [3.05, 3.63) is 58.6 Å². The van der Waals surface area contributed by atoms with Gasteiger partial charge in [-0.3, -0.25) is 4.79 Å². The van der Waals surface area contributed by atoms with Crippen molar-refractivity contribution in [1.29, 1.82) is 0 Å². The van der Waals surface area contributed by atoms with Gasteiger partial charge in [-0.1, -0.05) is 17.7 Å². The summed E-state index contributed by atoms with van der Waals surface area (Å²) in [7, 11) is 1.38. The minimum absolute atomic E-state index is 0.0651.